The quantitative estimate of drug-likeness (QED) is 0.717. The molecule has 64 valence electrons. The molecule has 6 heteroatoms. The van der Waals surface area contributed by atoms with Crippen molar-refractivity contribution in [1.82, 2.24) is 9.97 Å². The molecule has 0 aromatic carbocycles. The van der Waals surface area contributed by atoms with Gasteiger partial charge in [-0.15, -0.1) is 0 Å². The summed E-state index contributed by atoms with van der Waals surface area (Å²) >= 11 is 3.10. The molecule has 0 saturated heterocycles. The first-order chi connectivity index (χ1) is 5.65. The van der Waals surface area contributed by atoms with Gasteiger partial charge in [-0.3, -0.25) is 0 Å². The van der Waals surface area contributed by atoms with E-state index >= 15 is 0 Å². The molecule has 0 bridgehead atoms. The van der Waals surface area contributed by atoms with Crippen LogP contribution in [0.1, 0.15) is 10.6 Å². The largest absolute Gasteiger partial charge is 0.463 e. The van der Waals surface area contributed by atoms with E-state index < -0.39 is 5.97 Å². The molecule has 0 fully saturated rings. The Labute approximate surface area is 77.1 Å². The van der Waals surface area contributed by atoms with Crippen LogP contribution in [0.3, 0.4) is 0 Å². The van der Waals surface area contributed by atoms with E-state index in [0.717, 1.165) is 0 Å². The predicted molar refractivity (Wildman–Crippen MR) is 45.5 cm³/mol. The van der Waals surface area contributed by atoms with E-state index in [2.05, 4.69) is 30.6 Å². The summed E-state index contributed by atoms with van der Waals surface area (Å²) in [7, 11) is 1.25. The van der Waals surface area contributed by atoms with Crippen LogP contribution in [0.15, 0.2) is 10.7 Å². The van der Waals surface area contributed by atoms with Crippen molar-refractivity contribution in [3.63, 3.8) is 0 Å². The van der Waals surface area contributed by atoms with Crippen LogP contribution >= 0.6 is 15.9 Å². The summed E-state index contributed by atoms with van der Waals surface area (Å²) in [5.41, 5.74) is 5.41. The fourth-order valence-electron chi connectivity index (χ4n) is 0.570. The third-order valence-corrected chi connectivity index (χ3v) is 1.75. The van der Waals surface area contributed by atoms with Crippen molar-refractivity contribution in [3.8, 4) is 0 Å². The van der Waals surface area contributed by atoms with Crippen LogP contribution in [0.2, 0.25) is 0 Å². The van der Waals surface area contributed by atoms with E-state index in [1.807, 2.05) is 0 Å². The maximum atomic E-state index is 10.9. The van der Waals surface area contributed by atoms with Gasteiger partial charge in [0.1, 0.15) is 5.82 Å². The minimum Gasteiger partial charge on any atom is -0.463 e. The van der Waals surface area contributed by atoms with Crippen molar-refractivity contribution in [2.45, 2.75) is 0 Å². The fraction of sp³-hybridized carbons (Fsp3) is 0.167. The summed E-state index contributed by atoms with van der Waals surface area (Å²) in [5.74, 6) is -0.433. The van der Waals surface area contributed by atoms with Crippen LogP contribution < -0.4 is 5.73 Å². The second kappa shape index (κ2) is 3.48. The van der Waals surface area contributed by atoms with E-state index in [4.69, 9.17) is 5.73 Å². The number of rotatable bonds is 1. The van der Waals surface area contributed by atoms with Crippen LogP contribution in [0.4, 0.5) is 5.82 Å². The average Bonchev–Trinajstić information content (AvgIpc) is 2.08. The lowest BCUT2D eigenvalue weighted by atomic mass is 10.5. The molecular weight excluding hydrogens is 226 g/mol. The highest BCUT2D eigenvalue weighted by Gasteiger charge is 2.10. The number of anilines is 1. The van der Waals surface area contributed by atoms with Crippen molar-refractivity contribution >= 4 is 27.7 Å². The van der Waals surface area contributed by atoms with Gasteiger partial charge >= 0.3 is 5.97 Å². The van der Waals surface area contributed by atoms with E-state index in [1.165, 1.54) is 13.3 Å². The van der Waals surface area contributed by atoms with Crippen LogP contribution in [-0.2, 0) is 4.74 Å². The molecule has 2 N–H and O–H groups in total. The Morgan fingerprint density at radius 1 is 1.75 bits per heavy atom. The summed E-state index contributed by atoms with van der Waals surface area (Å²) in [6, 6.07) is 0. The molecule has 12 heavy (non-hydrogen) atoms. The topological polar surface area (TPSA) is 78.1 Å². The number of carbonyl (C=O) groups excluding carboxylic acids is 1. The van der Waals surface area contributed by atoms with E-state index in [9.17, 15) is 4.79 Å². The van der Waals surface area contributed by atoms with Gasteiger partial charge in [0.05, 0.1) is 11.6 Å². The standard InChI is InChI=1S/C6H6BrN3O2/c1-12-6(11)5-9-2-3(7)4(8)10-5/h2H,1H3,(H2,8,9,10). The summed E-state index contributed by atoms with van der Waals surface area (Å²) in [6.45, 7) is 0. The third-order valence-electron chi connectivity index (χ3n) is 1.14. The van der Waals surface area contributed by atoms with Crippen LogP contribution in [-0.4, -0.2) is 23.0 Å². The first kappa shape index (κ1) is 8.92. The number of nitrogen functional groups attached to an aromatic ring is 1. The fourth-order valence-corrected chi connectivity index (χ4v) is 0.761. The summed E-state index contributed by atoms with van der Waals surface area (Å²) in [4.78, 5) is 18.2. The smallest absolute Gasteiger partial charge is 0.376 e. The Bertz CT molecular complexity index is 316. The Hall–Kier alpha value is -1.17. The van der Waals surface area contributed by atoms with Crippen molar-refractivity contribution in [1.29, 1.82) is 0 Å². The summed E-state index contributed by atoms with van der Waals surface area (Å²) in [6.07, 6.45) is 1.40. The molecule has 0 unspecified atom stereocenters. The predicted octanol–water partition coefficient (Wildman–Crippen LogP) is 0.608. The van der Waals surface area contributed by atoms with Crippen molar-refractivity contribution in [2.24, 2.45) is 0 Å². The summed E-state index contributed by atoms with van der Waals surface area (Å²) in [5, 5.41) is 0. The highest BCUT2D eigenvalue weighted by Crippen LogP contribution is 2.14. The van der Waals surface area contributed by atoms with Gasteiger partial charge in [-0.05, 0) is 15.9 Å². The second-order valence-electron chi connectivity index (χ2n) is 1.92. The molecule has 0 atom stereocenters. The molecule has 0 aliphatic rings. The zero-order chi connectivity index (χ0) is 9.14. The number of methoxy groups -OCH3 is 1. The number of halogens is 1. The summed E-state index contributed by atoms with van der Waals surface area (Å²) < 4.78 is 4.95. The molecular formula is C6H6BrN3O2. The first-order valence-corrected chi connectivity index (χ1v) is 3.80. The van der Waals surface area contributed by atoms with E-state index in [0.29, 0.717) is 4.47 Å². The monoisotopic (exact) mass is 231 g/mol. The van der Waals surface area contributed by atoms with Crippen molar-refractivity contribution in [3.05, 3.63) is 16.5 Å². The molecule has 0 aliphatic carbocycles. The van der Waals surface area contributed by atoms with Gasteiger partial charge in [0.2, 0.25) is 5.82 Å². The molecule has 0 aliphatic heterocycles. The minimum absolute atomic E-state index is 0.0433. The highest BCUT2D eigenvalue weighted by molar-refractivity contribution is 9.10. The lowest BCUT2D eigenvalue weighted by Crippen LogP contribution is -2.08. The van der Waals surface area contributed by atoms with Crippen LogP contribution in [0.25, 0.3) is 0 Å². The zero-order valence-electron chi connectivity index (χ0n) is 6.24. The molecule has 1 rings (SSSR count). The average molecular weight is 232 g/mol. The minimum atomic E-state index is -0.603. The first-order valence-electron chi connectivity index (χ1n) is 3.01. The highest BCUT2D eigenvalue weighted by atomic mass is 79.9. The Morgan fingerprint density at radius 2 is 2.42 bits per heavy atom. The number of nitrogens with zero attached hydrogens (tertiary/aromatic N) is 2. The normalized spacial score (nSPS) is 9.50. The van der Waals surface area contributed by atoms with Crippen LogP contribution in [0, 0.1) is 0 Å². The molecule has 1 aromatic rings. The molecule has 0 spiro atoms. The molecule has 0 radical (unpaired) electrons. The number of aromatic nitrogens is 2. The third kappa shape index (κ3) is 1.70. The Morgan fingerprint density at radius 3 is 2.92 bits per heavy atom. The molecule has 1 heterocycles. The Kier molecular flexibility index (Phi) is 2.59. The number of esters is 1. The van der Waals surface area contributed by atoms with Crippen molar-refractivity contribution < 1.29 is 9.53 Å². The van der Waals surface area contributed by atoms with Gasteiger partial charge in [-0.25, -0.2) is 14.8 Å². The van der Waals surface area contributed by atoms with Crippen molar-refractivity contribution in [2.75, 3.05) is 12.8 Å². The number of nitrogens with two attached hydrogens (primary N) is 1. The van der Waals surface area contributed by atoms with E-state index in [-0.39, 0.29) is 11.6 Å². The number of carbonyl (C=O) groups is 1. The van der Waals surface area contributed by atoms with Crippen LogP contribution in [0.5, 0.6) is 0 Å². The lowest BCUT2D eigenvalue weighted by molar-refractivity contribution is 0.0587. The van der Waals surface area contributed by atoms with Gasteiger partial charge in [-0.1, -0.05) is 0 Å². The lowest BCUT2D eigenvalue weighted by Gasteiger charge is -1.99. The van der Waals surface area contributed by atoms with Gasteiger partial charge in [-0.2, -0.15) is 0 Å². The number of hydrogen-bond acceptors (Lipinski definition) is 5. The maximum absolute atomic E-state index is 10.9. The van der Waals surface area contributed by atoms with Gasteiger partial charge in [0.25, 0.3) is 0 Å². The SMILES string of the molecule is COC(=O)c1ncc(Br)c(N)n1. The number of hydrogen-bond donors (Lipinski definition) is 1. The molecule has 0 saturated carbocycles. The molecule has 5 nitrogen and oxygen atoms in total. The van der Waals surface area contributed by atoms with Gasteiger partial charge < -0.3 is 10.5 Å². The second-order valence-corrected chi connectivity index (χ2v) is 2.77. The Balaban J connectivity index is 3.05. The molecule has 0 amide bonds. The van der Waals surface area contributed by atoms with E-state index in [1.54, 1.807) is 0 Å². The number of ether oxygens (including phenoxy) is 1. The maximum Gasteiger partial charge on any atom is 0.376 e. The van der Waals surface area contributed by atoms with Gasteiger partial charge in [0, 0.05) is 6.20 Å². The van der Waals surface area contributed by atoms with Gasteiger partial charge in [0.15, 0.2) is 0 Å². The zero-order valence-corrected chi connectivity index (χ0v) is 7.83. The molecule has 1 aromatic heterocycles.